The van der Waals surface area contributed by atoms with Crippen LogP contribution in [0, 0.1) is 5.92 Å². The van der Waals surface area contributed by atoms with Gasteiger partial charge in [-0.25, -0.2) is 0 Å². The number of fused-ring (bicyclic) bond motifs is 1. The Kier molecular flexibility index (Phi) is 6.14. The van der Waals surface area contributed by atoms with E-state index in [4.69, 9.17) is 0 Å². The van der Waals surface area contributed by atoms with Crippen molar-refractivity contribution in [2.75, 3.05) is 0 Å². The van der Waals surface area contributed by atoms with E-state index >= 15 is 0 Å². The first-order chi connectivity index (χ1) is 13.4. The minimum Gasteiger partial charge on any atom is -0.338 e. The number of rotatable bonds is 6. The first-order valence-corrected chi connectivity index (χ1v) is 9.65. The minimum absolute atomic E-state index is 0.145. The molecule has 3 aromatic rings. The van der Waals surface area contributed by atoms with Crippen molar-refractivity contribution in [3.8, 4) is 0 Å². The van der Waals surface area contributed by atoms with Gasteiger partial charge in [-0.2, -0.15) is 0 Å². The molecule has 0 saturated heterocycles. The fourth-order valence-electron chi connectivity index (χ4n) is 3.28. The first-order valence-electron chi connectivity index (χ1n) is 9.65. The zero-order valence-electron chi connectivity index (χ0n) is 16.6. The first kappa shape index (κ1) is 19.7. The van der Waals surface area contributed by atoms with E-state index in [0.29, 0.717) is 5.92 Å². The molecule has 0 spiro atoms. The predicted octanol–water partition coefficient (Wildman–Crippen LogP) is 3.79. The fraction of sp³-hybridized carbons (Fsp3) is 0.304. The minimum atomic E-state index is -0.346. The van der Waals surface area contributed by atoms with Gasteiger partial charge in [0.25, 0.3) is 5.91 Å². The number of hydrazine groups is 1. The van der Waals surface area contributed by atoms with Gasteiger partial charge in [0, 0.05) is 11.7 Å². The molecule has 0 fully saturated rings. The van der Waals surface area contributed by atoms with E-state index in [0.717, 1.165) is 22.9 Å². The lowest BCUT2D eigenvalue weighted by Crippen LogP contribution is -2.44. The Labute approximate surface area is 165 Å². The molecule has 2 amide bonds. The van der Waals surface area contributed by atoms with Crippen molar-refractivity contribution in [2.45, 2.75) is 39.7 Å². The standard InChI is InChI=1S/C23H27N3O2/c1-16(2)14-18-8-10-19(11-9-18)17(3)23(28)25-24-22(27)15-26-13-12-20-6-4-5-7-21(20)26/h4-13,16-17H,14-15H2,1-3H3,(H,24,27)(H,25,28). The summed E-state index contributed by atoms with van der Waals surface area (Å²) < 4.78 is 1.85. The lowest BCUT2D eigenvalue weighted by atomic mass is 9.96. The Morgan fingerprint density at radius 2 is 1.64 bits per heavy atom. The molecule has 1 heterocycles. The summed E-state index contributed by atoms with van der Waals surface area (Å²) in [6, 6.07) is 17.9. The van der Waals surface area contributed by atoms with E-state index in [-0.39, 0.29) is 24.3 Å². The van der Waals surface area contributed by atoms with E-state index in [9.17, 15) is 9.59 Å². The quantitative estimate of drug-likeness (QED) is 0.642. The summed E-state index contributed by atoms with van der Waals surface area (Å²) in [7, 11) is 0. The van der Waals surface area contributed by atoms with Crippen LogP contribution in [0.5, 0.6) is 0 Å². The lowest BCUT2D eigenvalue weighted by Gasteiger charge is -2.14. The molecule has 3 rings (SSSR count). The maximum absolute atomic E-state index is 12.4. The molecule has 2 aromatic carbocycles. The maximum atomic E-state index is 12.4. The summed E-state index contributed by atoms with van der Waals surface area (Å²) in [5.74, 6) is -0.253. The molecule has 0 aliphatic carbocycles. The van der Waals surface area contributed by atoms with Crippen molar-refractivity contribution in [3.63, 3.8) is 0 Å². The highest BCUT2D eigenvalue weighted by Gasteiger charge is 2.16. The summed E-state index contributed by atoms with van der Waals surface area (Å²) in [4.78, 5) is 24.6. The second kappa shape index (κ2) is 8.74. The number of aromatic nitrogens is 1. The number of hydrogen-bond acceptors (Lipinski definition) is 2. The largest absolute Gasteiger partial charge is 0.338 e. The van der Waals surface area contributed by atoms with Crippen LogP contribution in [0.3, 0.4) is 0 Å². The molecular weight excluding hydrogens is 350 g/mol. The molecule has 5 heteroatoms. The fourth-order valence-corrected chi connectivity index (χ4v) is 3.28. The van der Waals surface area contributed by atoms with Crippen LogP contribution in [0.4, 0.5) is 0 Å². The Morgan fingerprint density at radius 3 is 2.36 bits per heavy atom. The highest BCUT2D eigenvalue weighted by molar-refractivity contribution is 5.87. The third-order valence-corrected chi connectivity index (χ3v) is 4.84. The molecule has 28 heavy (non-hydrogen) atoms. The zero-order chi connectivity index (χ0) is 20.1. The van der Waals surface area contributed by atoms with Crippen LogP contribution in [-0.4, -0.2) is 16.4 Å². The Hall–Kier alpha value is -3.08. The highest BCUT2D eigenvalue weighted by Crippen LogP contribution is 2.18. The normalized spacial score (nSPS) is 12.1. The molecule has 0 saturated carbocycles. The van der Waals surface area contributed by atoms with Gasteiger partial charge < -0.3 is 4.57 Å². The van der Waals surface area contributed by atoms with Gasteiger partial charge in [-0.05, 0) is 47.9 Å². The van der Waals surface area contributed by atoms with Gasteiger partial charge in [0.15, 0.2) is 0 Å². The molecule has 0 aliphatic heterocycles. The molecule has 0 bridgehead atoms. The van der Waals surface area contributed by atoms with Crippen LogP contribution in [-0.2, 0) is 22.6 Å². The molecule has 5 nitrogen and oxygen atoms in total. The molecule has 1 aromatic heterocycles. The van der Waals surface area contributed by atoms with Gasteiger partial charge in [-0.1, -0.05) is 56.3 Å². The van der Waals surface area contributed by atoms with Crippen molar-refractivity contribution in [1.82, 2.24) is 15.4 Å². The van der Waals surface area contributed by atoms with Crippen molar-refractivity contribution in [2.24, 2.45) is 5.92 Å². The summed E-state index contributed by atoms with van der Waals surface area (Å²) in [5, 5.41) is 1.08. The topological polar surface area (TPSA) is 63.1 Å². The Balaban J connectivity index is 1.53. The number of nitrogens with one attached hydrogen (secondary N) is 2. The highest BCUT2D eigenvalue weighted by atomic mass is 16.2. The van der Waals surface area contributed by atoms with Crippen molar-refractivity contribution in [1.29, 1.82) is 0 Å². The Morgan fingerprint density at radius 1 is 0.929 bits per heavy atom. The molecule has 0 radical (unpaired) electrons. The van der Waals surface area contributed by atoms with Crippen LogP contribution in [0.2, 0.25) is 0 Å². The zero-order valence-corrected chi connectivity index (χ0v) is 16.6. The maximum Gasteiger partial charge on any atom is 0.258 e. The van der Waals surface area contributed by atoms with Gasteiger partial charge in [0.05, 0.1) is 5.92 Å². The average molecular weight is 377 g/mol. The number of amides is 2. The van der Waals surface area contributed by atoms with Gasteiger partial charge in [0.2, 0.25) is 5.91 Å². The van der Waals surface area contributed by atoms with Crippen LogP contribution in [0.25, 0.3) is 10.9 Å². The lowest BCUT2D eigenvalue weighted by molar-refractivity contribution is -0.129. The molecule has 146 valence electrons. The smallest absolute Gasteiger partial charge is 0.258 e. The number of hydrogen-bond donors (Lipinski definition) is 2. The number of benzene rings is 2. The number of para-hydroxylation sites is 1. The number of nitrogens with zero attached hydrogens (tertiary/aromatic N) is 1. The van der Waals surface area contributed by atoms with Crippen LogP contribution in [0.1, 0.15) is 37.8 Å². The van der Waals surface area contributed by atoms with Gasteiger partial charge in [-0.3, -0.25) is 20.4 Å². The third kappa shape index (κ3) is 4.80. The van der Waals surface area contributed by atoms with Gasteiger partial charge in [0.1, 0.15) is 6.54 Å². The third-order valence-electron chi connectivity index (χ3n) is 4.84. The van der Waals surface area contributed by atoms with Crippen LogP contribution < -0.4 is 10.9 Å². The van der Waals surface area contributed by atoms with Gasteiger partial charge in [-0.15, -0.1) is 0 Å². The molecular formula is C23H27N3O2. The van der Waals surface area contributed by atoms with E-state index in [1.54, 1.807) is 0 Å². The summed E-state index contributed by atoms with van der Waals surface area (Å²) in [6.45, 7) is 6.34. The number of carbonyl (C=O) groups is 2. The Bertz CT molecular complexity index is 957. The second-order valence-electron chi connectivity index (χ2n) is 7.60. The van der Waals surface area contributed by atoms with E-state index in [1.807, 2.05) is 60.2 Å². The SMILES string of the molecule is CC(C)Cc1ccc(C(C)C(=O)NNC(=O)Cn2ccc3ccccc32)cc1. The van der Waals surface area contributed by atoms with Crippen LogP contribution >= 0.6 is 0 Å². The van der Waals surface area contributed by atoms with Gasteiger partial charge >= 0.3 is 0 Å². The summed E-state index contributed by atoms with van der Waals surface area (Å²) >= 11 is 0. The van der Waals surface area contributed by atoms with Crippen molar-refractivity contribution >= 4 is 22.7 Å². The van der Waals surface area contributed by atoms with Crippen molar-refractivity contribution in [3.05, 3.63) is 71.9 Å². The molecule has 2 N–H and O–H groups in total. The molecule has 1 atom stereocenters. The van der Waals surface area contributed by atoms with E-state index in [1.165, 1.54) is 5.56 Å². The predicted molar refractivity (Wildman–Crippen MR) is 112 cm³/mol. The number of carbonyl (C=O) groups excluding carboxylic acids is 2. The monoisotopic (exact) mass is 377 g/mol. The van der Waals surface area contributed by atoms with E-state index in [2.05, 4.69) is 36.8 Å². The summed E-state index contributed by atoms with van der Waals surface area (Å²) in [5.41, 5.74) is 8.22. The summed E-state index contributed by atoms with van der Waals surface area (Å²) in [6.07, 6.45) is 2.89. The van der Waals surface area contributed by atoms with Crippen molar-refractivity contribution < 1.29 is 9.59 Å². The molecule has 0 aliphatic rings. The molecule has 1 unspecified atom stereocenters. The second-order valence-corrected chi connectivity index (χ2v) is 7.60. The van der Waals surface area contributed by atoms with E-state index < -0.39 is 0 Å². The van der Waals surface area contributed by atoms with Crippen LogP contribution in [0.15, 0.2) is 60.8 Å². The average Bonchev–Trinajstić information content (AvgIpc) is 3.08.